The van der Waals surface area contributed by atoms with Gasteiger partial charge in [0.1, 0.15) is 0 Å². The van der Waals surface area contributed by atoms with Gasteiger partial charge in [0.2, 0.25) is 5.91 Å². The molecule has 6 rings (SSSR count). The van der Waals surface area contributed by atoms with Crippen molar-refractivity contribution in [2.75, 3.05) is 6.67 Å². The third-order valence-corrected chi connectivity index (χ3v) is 8.92. The number of benzene rings is 1. The molecule has 2 unspecified atom stereocenters. The zero-order valence-corrected chi connectivity index (χ0v) is 17.4. The first-order valence-corrected chi connectivity index (χ1v) is 11.7. The standard InChI is InChI=1S/C25H35FN2O/c26-11-10-22-17-12-24(19-4-2-1-3-5-19)13-18(22)15-25(14-17,16-24)23(29)28-21-8-6-20(27)7-9-21/h1-5,17-18,20-22H,6-16,27H2,(H,28,29)/t17?,18?,20-,21-,22?,24?,25?. The van der Waals surface area contributed by atoms with E-state index in [1.807, 2.05) is 0 Å². The summed E-state index contributed by atoms with van der Waals surface area (Å²) in [5.41, 5.74) is 7.30. The van der Waals surface area contributed by atoms with Gasteiger partial charge < -0.3 is 11.1 Å². The highest BCUT2D eigenvalue weighted by Crippen LogP contribution is 2.68. The summed E-state index contributed by atoms with van der Waals surface area (Å²) < 4.78 is 13.3. The van der Waals surface area contributed by atoms with Gasteiger partial charge in [-0.3, -0.25) is 9.18 Å². The quantitative estimate of drug-likeness (QED) is 0.767. The van der Waals surface area contributed by atoms with Crippen LogP contribution < -0.4 is 11.1 Å². The molecule has 29 heavy (non-hydrogen) atoms. The maximum absolute atomic E-state index is 13.7. The number of hydrogen-bond acceptors (Lipinski definition) is 2. The van der Waals surface area contributed by atoms with Crippen molar-refractivity contribution in [3.63, 3.8) is 0 Å². The molecule has 0 aromatic heterocycles. The predicted molar refractivity (Wildman–Crippen MR) is 113 cm³/mol. The van der Waals surface area contributed by atoms with E-state index < -0.39 is 0 Å². The summed E-state index contributed by atoms with van der Waals surface area (Å²) in [5, 5.41) is 3.44. The van der Waals surface area contributed by atoms with Gasteiger partial charge in [-0.25, -0.2) is 0 Å². The van der Waals surface area contributed by atoms with Gasteiger partial charge in [0.25, 0.3) is 0 Å². The molecule has 4 heteroatoms. The van der Waals surface area contributed by atoms with E-state index in [2.05, 4.69) is 35.6 Å². The Bertz CT molecular complexity index is 726. The average molecular weight is 399 g/mol. The van der Waals surface area contributed by atoms with Gasteiger partial charge >= 0.3 is 0 Å². The van der Waals surface area contributed by atoms with Gasteiger partial charge in [-0.15, -0.1) is 0 Å². The van der Waals surface area contributed by atoms with Crippen LogP contribution in [0.3, 0.4) is 0 Å². The Morgan fingerprint density at radius 2 is 1.69 bits per heavy atom. The van der Waals surface area contributed by atoms with Crippen molar-refractivity contribution in [2.24, 2.45) is 28.9 Å². The van der Waals surface area contributed by atoms with Crippen LogP contribution in [0.2, 0.25) is 0 Å². The number of nitrogens with one attached hydrogen (secondary N) is 1. The molecule has 5 saturated carbocycles. The van der Waals surface area contributed by atoms with E-state index in [0.717, 1.165) is 57.8 Å². The van der Waals surface area contributed by atoms with Crippen LogP contribution >= 0.6 is 0 Å². The number of carbonyl (C=O) groups is 1. The Balaban J connectivity index is 1.42. The highest BCUT2D eigenvalue weighted by Gasteiger charge is 2.63. The van der Waals surface area contributed by atoms with E-state index in [4.69, 9.17) is 5.73 Å². The Kier molecular flexibility index (Phi) is 4.97. The third-order valence-electron chi connectivity index (χ3n) is 8.92. The Labute approximate surface area is 174 Å². The second kappa shape index (κ2) is 7.37. The number of amides is 1. The van der Waals surface area contributed by atoms with E-state index >= 15 is 0 Å². The van der Waals surface area contributed by atoms with Gasteiger partial charge in [-0.1, -0.05) is 30.3 Å². The van der Waals surface area contributed by atoms with Crippen LogP contribution in [-0.2, 0) is 10.2 Å². The molecule has 158 valence electrons. The molecular formula is C25H35FN2O. The molecule has 0 saturated heterocycles. The zero-order valence-electron chi connectivity index (χ0n) is 17.4. The highest BCUT2D eigenvalue weighted by atomic mass is 19.1. The summed E-state index contributed by atoms with van der Waals surface area (Å²) >= 11 is 0. The van der Waals surface area contributed by atoms with Gasteiger partial charge in [-0.05, 0) is 92.9 Å². The van der Waals surface area contributed by atoms with E-state index in [1.165, 1.54) is 5.56 Å². The largest absolute Gasteiger partial charge is 0.353 e. The van der Waals surface area contributed by atoms with Crippen molar-refractivity contribution in [1.82, 2.24) is 5.32 Å². The van der Waals surface area contributed by atoms with Gasteiger partial charge in [-0.2, -0.15) is 0 Å². The number of rotatable bonds is 5. The number of hydrogen-bond donors (Lipinski definition) is 2. The maximum Gasteiger partial charge on any atom is 0.226 e. The van der Waals surface area contributed by atoms with Crippen molar-refractivity contribution >= 4 is 5.91 Å². The fourth-order valence-corrected chi connectivity index (χ4v) is 7.84. The summed E-state index contributed by atoms with van der Waals surface area (Å²) in [6.45, 7) is -0.225. The van der Waals surface area contributed by atoms with Crippen LogP contribution in [0.4, 0.5) is 4.39 Å². The average Bonchev–Trinajstić information content (AvgIpc) is 2.72. The minimum absolute atomic E-state index is 0.103. The first kappa shape index (κ1) is 19.5. The summed E-state index contributed by atoms with van der Waals surface area (Å²) in [7, 11) is 0. The fraction of sp³-hybridized carbons (Fsp3) is 0.720. The predicted octanol–water partition coefficient (Wildman–Crippen LogP) is 4.50. The monoisotopic (exact) mass is 398 g/mol. The van der Waals surface area contributed by atoms with E-state index in [1.54, 1.807) is 0 Å². The van der Waals surface area contributed by atoms with Crippen LogP contribution in [0.25, 0.3) is 0 Å². The summed E-state index contributed by atoms with van der Waals surface area (Å²) in [6, 6.07) is 11.4. The van der Waals surface area contributed by atoms with Crippen LogP contribution in [0.5, 0.6) is 0 Å². The topological polar surface area (TPSA) is 55.1 Å². The summed E-state index contributed by atoms with van der Waals surface area (Å²) in [5.74, 6) is 1.72. The van der Waals surface area contributed by atoms with Crippen molar-refractivity contribution in [3.05, 3.63) is 35.9 Å². The highest BCUT2D eigenvalue weighted by molar-refractivity contribution is 5.84. The van der Waals surface area contributed by atoms with Crippen LogP contribution in [0.1, 0.15) is 69.8 Å². The summed E-state index contributed by atoms with van der Waals surface area (Å²) in [4.78, 5) is 13.7. The maximum atomic E-state index is 13.7. The molecule has 5 aliphatic rings. The molecule has 5 aliphatic carbocycles. The summed E-state index contributed by atoms with van der Waals surface area (Å²) in [6.07, 6.45) is 9.86. The molecule has 0 aliphatic heterocycles. The van der Waals surface area contributed by atoms with Crippen molar-refractivity contribution < 1.29 is 9.18 Å². The first-order valence-electron chi connectivity index (χ1n) is 11.7. The van der Waals surface area contributed by atoms with E-state index in [-0.39, 0.29) is 29.5 Å². The molecule has 3 N–H and O–H groups in total. The molecule has 3 nitrogen and oxygen atoms in total. The van der Waals surface area contributed by atoms with E-state index in [0.29, 0.717) is 30.2 Å². The number of carbonyl (C=O) groups excluding carboxylic acids is 1. The lowest BCUT2D eigenvalue weighted by molar-refractivity contribution is -0.159. The molecule has 1 aromatic rings. The lowest BCUT2D eigenvalue weighted by Crippen LogP contribution is -2.62. The van der Waals surface area contributed by atoms with Crippen LogP contribution in [-0.4, -0.2) is 24.7 Å². The second-order valence-electron chi connectivity index (χ2n) is 10.7. The van der Waals surface area contributed by atoms with Crippen molar-refractivity contribution in [2.45, 2.75) is 81.7 Å². The van der Waals surface area contributed by atoms with Gasteiger partial charge in [0.15, 0.2) is 0 Å². The lowest BCUT2D eigenvalue weighted by atomic mass is 9.39. The minimum atomic E-state index is -0.256. The molecule has 0 spiro atoms. The molecule has 4 bridgehead atoms. The van der Waals surface area contributed by atoms with Crippen LogP contribution in [0.15, 0.2) is 30.3 Å². The Hall–Kier alpha value is -1.42. The molecule has 1 amide bonds. The Morgan fingerprint density at radius 1 is 1.03 bits per heavy atom. The Morgan fingerprint density at radius 3 is 2.31 bits per heavy atom. The molecule has 0 heterocycles. The first-order chi connectivity index (χ1) is 14.0. The molecule has 0 radical (unpaired) electrons. The van der Waals surface area contributed by atoms with Gasteiger partial charge in [0.05, 0.1) is 12.1 Å². The number of nitrogens with two attached hydrogens (primary N) is 1. The van der Waals surface area contributed by atoms with Gasteiger partial charge in [0, 0.05) is 12.1 Å². The van der Waals surface area contributed by atoms with Crippen molar-refractivity contribution in [1.29, 1.82) is 0 Å². The SMILES string of the molecule is N[C@H]1CC[C@H](NC(=O)C23CC4CC(c5ccccc5)(CC(C2)C4CCF)C3)CC1. The second-order valence-corrected chi connectivity index (χ2v) is 10.7. The van der Waals surface area contributed by atoms with Crippen molar-refractivity contribution in [3.8, 4) is 0 Å². The molecule has 5 fully saturated rings. The smallest absolute Gasteiger partial charge is 0.226 e. The van der Waals surface area contributed by atoms with Crippen LogP contribution in [0, 0.1) is 23.2 Å². The zero-order chi connectivity index (χ0) is 20.1. The normalized spacial score (nSPS) is 43.3. The number of halogens is 1. The van der Waals surface area contributed by atoms with E-state index in [9.17, 15) is 9.18 Å². The molecule has 1 aromatic carbocycles. The minimum Gasteiger partial charge on any atom is -0.353 e. The lowest BCUT2D eigenvalue weighted by Gasteiger charge is -2.64. The molecule has 2 atom stereocenters. The molecular weight excluding hydrogens is 363 g/mol. The third kappa shape index (κ3) is 3.32. The number of alkyl halides is 1. The fourth-order valence-electron chi connectivity index (χ4n) is 7.84.